The molecular weight excluding hydrogens is 500 g/mol. The molecule has 3 unspecified atom stereocenters. The van der Waals surface area contributed by atoms with Crippen LogP contribution in [0, 0.1) is 5.92 Å². The van der Waals surface area contributed by atoms with Crippen LogP contribution in [-0.4, -0.2) is 68.7 Å². The van der Waals surface area contributed by atoms with Gasteiger partial charge >= 0.3 is 0 Å². The van der Waals surface area contributed by atoms with Crippen molar-refractivity contribution in [1.82, 2.24) is 20.4 Å². The average molecular weight is 541 g/mol. The van der Waals surface area contributed by atoms with E-state index in [-0.39, 0.29) is 18.0 Å². The number of benzene rings is 2. The minimum Gasteiger partial charge on any atom is -0.497 e. The van der Waals surface area contributed by atoms with E-state index in [2.05, 4.69) is 34.7 Å². The van der Waals surface area contributed by atoms with Crippen molar-refractivity contribution in [1.29, 1.82) is 0 Å². The number of ether oxygens (including phenoxy) is 2. The Kier molecular flexibility index (Phi) is 8.48. The van der Waals surface area contributed by atoms with Gasteiger partial charge in [0.1, 0.15) is 11.5 Å². The number of amides is 1. The molecule has 38 heavy (non-hydrogen) atoms. The largest absolute Gasteiger partial charge is 0.497 e. The minimum atomic E-state index is -1.12. The van der Waals surface area contributed by atoms with Gasteiger partial charge in [-0.05, 0) is 56.1 Å². The maximum absolute atomic E-state index is 14.6. The predicted octanol–water partition coefficient (Wildman–Crippen LogP) is 4.56. The van der Waals surface area contributed by atoms with E-state index in [0.29, 0.717) is 42.1 Å². The molecule has 1 aliphatic carbocycles. The Morgan fingerprint density at radius 2 is 1.76 bits per heavy atom. The zero-order valence-corrected chi connectivity index (χ0v) is 23.6. The molecule has 2 N–H and O–H groups in total. The average Bonchev–Trinajstić information content (AvgIpc) is 3.58. The van der Waals surface area contributed by atoms with Gasteiger partial charge in [0, 0.05) is 54.9 Å². The first kappa shape index (κ1) is 27.3. The SMILES string of the molecule is CCOc1cc(OC)ccc1C1(C(=O)N2CCN(C)CC2)NC(CC2CCCC2)C(c2ccc(Cl)cc2)N1. The van der Waals surface area contributed by atoms with Gasteiger partial charge in [-0.15, -0.1) is 0 Å². The zero-order chi connectivity index (χ0) is 26.7. The van der Waals surface area contributed by atoms with E-state index in [0.717, 1.165) is 30.6 Å². The molecule has 206 valence electrons. The summed E-state index contributed by atoms with van der Waals surface area (Å²) in [5.74, 6) is 2.06. The first-order valence-corrected chi connectivity index (χ1v) is 14.4. The van der Waals surface area contributed by atoms with Crippen LogP contribution < -0.4 is 20.1 Å². The van der Waals surface area contributed by atoms with Crippen LogP contribution in [0.3, 0.4) is 0 Å². The number of carbonyl (C=O) groups excluding carboxylic acids is 1. The van der Waals surface area contributed by atoms with E-state index in [1.54, 1.807) is 7.11 Å². The van der Waals surface area contributed by atoms with Crippen molar-refractivity contribution in [2.75, 3.05) is 46.9 Å². The number of nitrogens with one attached hydrogen (secondary N) is 2. The summed E-state index contributed by atoms with van der Waals surface area (Å²) in [7, 11) is 3.75. The summed E-state index contributed by atoms with van der Waals surface area (Å²) < 4.78 is 11.7. The molecule has 1 saturated carbocycles. The highest BCUT2D eigenvalue weighted by Gasteiger charge is 2.54. The normalized spacial score (nSPS) is 26.6. The van der Waals surface area contributed by atoms with Crippen molar-refractivity contribution < 1.29 is 14.3 Å². The van der Waals surface area contributed by atoms with Crippen LogP contribution in [0.5, 0.6) is 11.5 Å². The minimum absolute atomic E-state index is 0.0459. The van der Waals surface area contributed by atoms with E-state index >= 15 is 0 Å². The second-order valence-corrected chi connectivity index (χ2v) is 11.4. The fourth-order valence-corrected chi connectivity index (χ4v) is 6.50. The Morgan fingerprint density at radius 1 is 1.05 bits per heavy atom. The first-order valence-electron chi connectivity index (χ1n) is 14.0. The van der Waals surface area contributed by atoms with Crippen molar-refractivity contribution in [3.63, 3.8) is 0 Å². The topological polar surface area (TPSA) is 66.1 Å². The van der Waals surface area contributed by atoms with Gasteiger partial charge in [-0.2, -0.15) is 0 Å². The molecule has 3 aliphatic rings. The molecule has 0 spiro atoms. The molecule has 0 bridgehead atoms. The lowest BCUT2D eigenvalue weighted by Gasteiger charge is -2.40. The Morgan fingerprint density at radius 3 is 2.42 bits per heavy atom. The van der Waals surface area contributed by atoms with Crippen molar-refractivity contribution in [2.45, 2.75) is 56.8 Å². The molecule has 1 amide bonds. The monoisotopic (exact) mass is 540 g/mol. The molecule has 2 aliphatic heterocycles. The molecule has 5 rings (SSSR count). The lowest BCUT2D eigenvalue weighted by molar-refractivity contribution is -0.141. The number of carbonyl (C=O) groups is 1. The summed E-state index contributed by atoms with van der Waals surface area (Å²) in [5.41, 5.74) is 0.807. The van der Waals surface area contributed by atoms with Crippen LogP contribution in [0.25, 0.3) is 0 Å². The third-order valence-corrected chi connectivity index (χ3v) is 8.72. The molecule has 3 atom stereocenters. The molecule has 2 heterocycles. The molecular formula is C30H41ClN4O3. The van der Waals surface area contributed by atoms with Crippen LogP contribution in [0.2, 0.25) is 5.02 Å². The van der Waals surface area contributed by atoms with Gasteiger partial charge < -0.3 is 19.3 Å². The van der Waals surface area contributed by atoms with Gasteiger partial charge in [0.15, 0.2) is 5.66 Å². The number of hydrogen-bond donors (Lipinski definition) is 2. The Balaban J connectivity index is 1.59. The van der Waals surface area contributed by atoms with Gasteiger partial charge in [-0.1, -0.05) is 49.4 Å². The number of rotatable bonds is 8. The summed E-state index contributed by atoms with van der Waals surface area (Å²) in [6.07, 6.45) is 6.08. The number of hydrogen-bond acceptors (Lipinski definition) is 6. The summed E-state index contributed by atoms with van der Waals surface area (Å²) in [4.78, 5) is 18.9. The fourth-order valence-electron chi connectivity index (χ4n) is 6.38. The lowest BCUT2D eigenvalue weighted by Crippen LogP contribution is -2.62. The molecule has 8 heteroatoms. The summed E-state index contributed by atoms with van der Waals surface area (Å²) in [6.45, 7) is 5.56. The highest BCUT2D eigenvalue weighted by Crippen LogP contribution is 2.43. The maximum Gasteiger partial charge on any atom is 0.262 e. The maximum atomic E-state index is 14.6. The van der Waals surface area contributed by atoms with Crippen molar-refractivity contribution in [3.05, 3.63) is 58.6 Å². The highest BCUT2D eigenvalue weighted by atomic mass is 35.5. The van der Waals surface area contributed by atoms with Crippen LogP contribution in [0.1, 0.15) is 56.2 Å². The number of likely N-dealkylation sites (N-methyl/N-ethyl adjacent to an activating group) is 1. The second-order valence-electron chi connectivity index (χ2n) is 11.0. The van der Waals surface area contributed by atoms with Crippen LogP contribution in [0.4, 0.5) is 0 Å². The van der Waals surface area contributed by atoms with E-state index in [4.69, 9.17) is 21.1 Å². The van der Waals surface area contributed by atoms with Crippen molar-refractivity contribution in [2.24, 2.45) is 5.92 Å². The highest BCUT2D eigenvalue weighted by molar-refractivity contribution is 6.30. The van der Waals surface area contributed by atoms with Crippen molar-refractivity contribution >= 4 is 17.5 Å². The Hall–Kier alpha value is -2.32. The predicted molar refractivity (Wildman–Crippen MR) is 151 cm³/mol. The Bertz CT molecular complexity index is 1100. The molecule has 7 nitrogen and oxygen atoms in total. The van der Waals surface area contributed by atoms with E-state index in [9.17, 15) is 4.79 Å². The molecule has 2 aromatic rings. The number of methoxy groups -OCH3 is 1. The molecule has 2 saturated heterocycles. The zero-order valence-electron chi connectivity index (χ0n) is 22.8. The first-order chi connectivity index (χ1) is 18.4. The third-order valence-electron chi connectivity index (χ3n) is 8.47. The van der Waals surface area contributed by atoms with Gasteiger partial charge in [0.25, 0.3) is 5.91 Å². The molecule has 0 aromatic heterocycles. The number of nitrogens with zero attached hydrogens (tertiary/aromatic N) is 2. The van der Waals surface area contributed by atoms with Gasteiger partial charge in [0.05, 0.1) is 13.7 Å². The number of halogens is 1. The summed E-state index contributed by atoms with van der Waals surface area (Å²) in [5, 5.41) is 8.44. The Labute approximate surface area is 231 Å². The van der Waals surface area contributed by atoms with E-state index < -0.39 is 5.66 Å². The molecule has 2 aromatic carbocycles. The second kappa shape index (κ2) is 11.8. The molecule has 0 radical (unpaired) electrons. The third kappa shape index (κ3) is 5.53. The van der Waals surface area contributed by atoms with Crippen LogP contribution in [-0.2, 0) is 10.5 Å². The smallest absolute Gasteiger partial charge is 0.262 e. The van der Waals surface area contributed by atoms with Crippen LogP contribution >= 0.6 is 11.6 Å². The standard InChI is InChI=1S/C30H41ClN4O3/c1-4-38-27-20-24(37-3)13-14-25(27)30(29(36)35-17-15-34(2)16-18-35)32-26(19-21-7-5-6-8-21)28(33-30)22-9-11-23(31)12-10-22/h9-14,20-21,26,28,32-33H,4-8,15-19H2,1-3H3. The van der Waals surface area contributed by atoms with E-state index in [1.165, 1.54) is 25.7 Å². The van der Waals surface area contributed by atoms with Gasteiger partial charge in [-0.3, -0.25) is 15.4 Å². The quantitative estimate of drug-likeness (QED) is 0.512. The fraction of sp³-hybridized carbons (Fsp3) is 0.567. The van der Waals surface area contributed by atoms with E-state index in [1.807, 2.05) is 42.2 Å². The molecule has 3 fully saturated rings. The van der Waals surface area contributed by atoms with Crippen LogP contribution in [0.15, 0.2) is 42.5 Å². The summed E-state index contributed by atoms with van der Waals surface area (Å²) >= 11 is 6.26. The lowest BCUT2D eigenvalue weighted by atomic mass is 9.91. The summed E-state index contributed by atoms with van der Waals surface area (Å²) in [6, 6.07) is 13.8. The van der Waals surface area contributed by atoms with Gasteiger partial charge in [0.2, 0.25) is 0 Å². The number of piperazine rings is 1. The van der Waals surface area contributed by atoms with Gasteiger partial charge in [-0.25, -0.2) is 0 Å². The van der Waals surface area contributed by atoms with Crippen molar-refractivity contribution in [3.8, 4) is 11.5 Å².